The molecule has 6 rings (SSSR count). The van der Waals surface area contributed by atoms with Crippen molar-refractivity contribution in [3.8, 4) is 22.7 Å². The van der Waals surface area contributed by atoms with Crippen LogP contribution < -0.4 is 19.6 Å². The number of nitrogens with zero attached hydrogens (tertiary/aromatic N) is 5. The molecule has 0 bridgehead atoms. The number of non-ortho nitro benzene ring substituents is 1. The first-order valence-electron chi connectivity index (χ1n) is 14.4. The molecule has 1 aliphatic heterocycles. The maximum Gasteiger partial charge on any atom is 0.338 e. The third-order valence-corrected chi connectivity index (χ3v) is 8.38. The lowest BCUT2D eigenvalue weighted by Crippen LogP contribution is -2.40. The largest absolute Gasteiger partial charge is 0.497 e. The number of fused-ring (bicyclic) bond motifs is 1. The third kappa shape index (κ3) is 5.77. The van der Waals surface area contributed by atoms with Gasteiger partial charge in [0.1, 0.15) is 11.4 Å². The van der Waals surface area contributed by atoms with E-state index >= 15 is 0 Å². The van der Waals surface area contributed by atoms with E-state index in [1.807, 2.05) is 42.5 Å². The number of hydrogen-bond donors (Lipinski definition) is 0. The third-order valence-electron chi connectivity index (χ3n) is 7.40. The molecule has 12 heteroatoms. The first-order chi connectivity index (χ1) is 22.1. The number of hydrogen-bond acceptors (Lipinski definition) is 9. The molecule has 1 unspecified atom stereocenters. The monoisotopic (exact) mass is 635 g/mol. The number of rotatable bonds is 8. The molecule has 0 saturated carbocycles. The van der Waals surface area contributed by atoms with Gasteiger partial charge in [-0.3, -0.25) is 19.5 Å². The number of methoxy groups -OCH3 is 1. The predicted octanol–water partition coefficient (Wildman–Crippen LogP) is 4.96. The summed E-state index contributed by atoms with van der Waals surface area (Å²) in [6, 6.07) is 22.0. The first kappa shape index (κ1) is 30.4. The van der Waals surface area contributed by atoms with Gasteiger partial charge in [-0.05, 0) is 56.7 Å². The van der Waals surface area contributed by atoms with Gasteiger partial charge in [-0.25, -0.2) is 14.5 Å². The smallest absolute Gasteiger partial charge is 0.338 e. The number of nitro benzene ring substituents is 1. The van der Waals surface area contributed by atoms with Crippen LogP contribution >= 0.6 is 11.3 Å². The summed E-state index contributed by atoms with van der Waals surface area (Å²) in [4.78, 5) is 43.9. The maximum absolute atomic E-state index is 14.3. The van der Waals surface area contributed by atoms with E-state index in [9.17, 15) is 19.7 Å². The summed E-state index contributed by atoms with van der Waals surface area (Å²) in [5.74, 6) is 0.0794. The molecule has 0 radical (unpaired) electrons. The zero-order valence-electron chi connectivity index (χ0n) is 25.4. The van der Waals surface area contributed by atoms with Crippen molar-refractivity contribution < 1.29 is 19.2 Å². The number of allylic oxidation sites excluding steroid dienone is 1. The fraction of sp³-hybridized carbons (Fsp3) is 0.176. The van der Waals surface area contributed by atoms with Crippen LogP contribution in [0.1, 0.15) is 37.9 Å². The second kappa shape index (κ2) is 12.4. The summed E-state index contributed by atoms with van der Waals surface area (Å²) in [5, 5.41) is 16.3. The zero-order chi connectivity index (χ0) is 32.5. The van der Waals surface area contributed by atoms with Gasteiger partial charge in [-0.2, -0.15) is 5.10 Å². The van der Waals surface area contributed by atoms with Crippen LogP contribution in [0.25, 0.3) is 23.0 Å². The second-order valence-corrected chi connectivity index (χ2v) is 11.8. The van der Waals surface area contributed by atoms with Gasteiger partial charge in [-0.15, -0.1) is 0 Å². The van der Waals surface area contributed by atoms with Crippen molar-refractivity contribution in [3.63, 3.8) is 0 Å². The minimum Gasteiger partial charge on any atom is -0.497 e. The van der Waals surface area contributed by atoms with Crippen LogP contribution in [-0.2, 0) is 9.53 Å². The number of esters is 1. The molecule has 3 heterocycles. The number of benzene rings is 3. The molecule has 232 valence electrons. The van der Waals surface area contributed by atoms with Gasteiger partial charge in [0.05, 0.1) is 45.7 Å². The Labute approximate surface area is 267 Å². The van der Waals surface area contributed by atoms with Crippen molar-refractivity contribution in [2.24, 2.45) is 4.99 Å². The summed E-state index contributed by atoms with van der Waals surface area (Å²) >= 11 is 1.18. The molecule has 1 aliphatic rings. The van der Waals surface area contributed by atoms with Crippen molar-refractivity contribution >= 4 is 29.1 Å². The quantitative estimate of drug-likeness (QED) is 0.134. The molecular formula is C34H29N5O6S. The van der Waals surface area contributed by atoms with Crippen LogP contribution in [0.3, 0.4) is 0 Å². The molecular weight excluding hydrogens is 606 g/mol. The summed E-state index contributed by atoms with van der Waals surface area (Å²) in [5.41, 5.74) is 3.31. The van der Waals surface area contributed by atoms with E-state index < -0.39 is 16.9 Å². The number of ether oxygens (including phenoxy) is 2. The van der Waals surface area contributed by atoms with Crippen LogP contribution in [0.4, 0.5) is 5.69 Å². The Balaban J connectivity index is 1.56. The SMILES string of the molecule is COc1ccc(C2C(C(=O)OC(C)C)=C(C)N=c3s/c(=C\c4cn(-c5ccccc5)nc4-c4cccc([N+](=O)[O-])c4)c(=O)n32)cc1. The molecule has 3 aromatic carbocycles. The first-order valence-corrected chi connectivity index (χ1v) is 15.2. The Morgan fingerprint density at radius 2 is 1.80 bits per heavy atom. The molecule has 2 aromatic heterocycles. The molecule has 0 spiro atoms. The fourth-order valence-electron chi connectivity index (χ4n) is 5.30. The average molecular weight is 636 g/mol. The highest BCUT2D eigenvalue weighted by atomic mass is 32.1. The number of carbonyl (C=O) groups excluding carboxylic acids is 1. The molecule has 0 aliphatic carbocycles. The predicted molar refractivity (Wildman–Crippen MR) is 174 cm³/mol. The lowest BCUT2D eigenvalue weighted by molar-refractivity contribution is -0.384. The Morgan fingerprint density at radius 1 is 1.07 bits per heavy atom. The van der Waals surface area contributed by atoms with E-state index in [0.29, 0.717) is 43.2 Å². The topological polar surface area (TPSA) is 131 Å². The van der Waals surface area contributed by atoms with Gasteiger partial charge in [0.25, 0.3) is 11.2 Å². The van der Waals surface area contributed by atoms with E-state index in [0.717, 1.165) is 5.69 Å². The van der Waals surface area contributed by atoms with Gasteiger partial charge in [0.15, 0.2) is 4.80 Å². The van der Waals surface area contributed by atoms with Crippen LogP contribution in [0.2, 0.25) is 0 Å². The van der Waals surface area contributed by atoms with Gasteiger partial charge in [0, 0.05) is 29.5 Å². The minimum atomic E-state index is -0.793. The van der Waals surface area contributed by atoms with E-state index in [1.165, 1.54) is 28.0 Å². The number of nitro groups is 1. The van der Waals surface area contributed by atoms with E-state index in [4.69, 9.17) is 14.6 Å². The molecule has 0 amide bonds. The normalized spacial score (nSPS) is 14.6. The molecule has 46 heavy (non-hydrogen) atoms. The van der Waals surface area contributed by atoms with Crippen LogP contribution in [0.5, 0.6) is 5.75 Å². The Morgan fingerprint density at radius 3 is 2.48 bits per heavy atom. The van der Waals surface area contributed by atoms with Crippen LogP contribution in [0.15, 0.2) is 106 Å². The summed E-state index contributed by atoms with van der Waals surface area (Å²) in [6.07, 6.45) is 3.11. The molecule has 11 nitrogen and oxygen atoms in total. The van der Waals surface area contributed by atoms with Crippen molar-refractivity contribution in [1.29, 1.82) is 0 Å². The number of carbonyl (C=O) groups is 1. The lowest BCUT2D eigenvalue weighted by atomic mass is 9.96. The Kier molecular flexibility index (Phi) is 8.20. The number of para-hydroxylation sites is 1. The summed E-state index contributed by atoms with van der Waals surface area (Å²) in [6.45, 7) is 5.26. The van der Waals surface area contributed by atoms with E-state index in [1.54, 1.807) is 69.1 Å². The molecule has 0 saturated heterocycles. The standard InChI is InChI=1S/C34H29N5O6S/c1-20(2)45-33(41)29-21(3)35-34-38(31(29)22-13-15-27(44-4)16-14-22)32(40)28(46-34)18-24-19-37(25-10-6-5-7-11-25)36-30(24)23-9-8-12-26(17-23)39(42)43/h5-20,31H,1-4H3/b28-18-. The zero-order valence-corrected chi connectivity index (χ0v) is 26.2. The lowest BCUT2D eigenvalue weighted by Gasteiger charge is -2.25. The fourth-order valence-corrected chi connectivity index (χ4v) is 6.34. The van der Waals surface area contributed by atoms with Crippen molar-refractivity contribution in [3.05, 3.63) is 137 Å². The molecule has 0 N–H and O–H groups in total. The summed E-state index contributed by atoms with van der Waals surface area (Å²) < 4.78 is 14.4. The Hall–Kier alpha value is -5.62. The van der Waals surface area contributed by atoms with Crippen molar-refractivity contribution in [2.75, 3.05) is 7.11 Å². The molecule has 1 atom stereocenters. The van der Waals surface area contributed by atoms with Crippen LogP contribution in [-0.4, -0.2) is 38.5 Å². The molecule has 0 fully saturated rings. The highest BCUT2D eigenvalue weighted by Crippen LogP contribution is 2.32. The van der Waals surface area contributed by atoms with Gasteiger partial charge in [-0.1, -0.05) is 53.8 Å². The van der Waals surface area contributed by atoms with Crippen molar-refractivity contribution in [1.82, 2.24) is 14.3 Å². The Bertz CT molecular complexity index is 2180. The second-order valence-electron chi connectivity index (χ2n) is 10.8. The maximum atomic E-state index is 14.3. The number of thiazole rings is 1. The van der Waals surface area contributed by atoms with Gasteiger partial charge in [0.2, 0.25) is 0 Å². The van der Waals surface area contributed by atoms with E-state index in [2.05, 4.69) is 4.99 Å². The minimum absolute atomic E-state index is 0.0761. The highest BCUT2D eigenvalue weighted by Gasteiger charge is 2.34. The highest BCUT2D eigenvalue weighted by molar-refractivity contribution is 7.07. The summed E-state index contributed by atoms with van der Waals surface area (Å²) in [7, 11) is 1.56. The van der Waals surface area contributed by atoms with Crippen LogP contribution in [0, 0.1) is 10.1 Å². The van der Waals surface area contributed by atoms with Gasteiger partial charge >= 0.3 is 5.97 Å². The average Bonchev–Trinajstić information content (AvgIpc) is 3.61. The number of aromatic nitrogens is 3. The van der Waals surface area contributed by atoms with E-state index in [-0.39, 0.29) is 22.9 Å². The molecule has 5 aromatic rings. The van der Waals surface area contributed by atoms with Crippen molar-refractivity contribution in [2.45, 2.75) is 32.9 Å². The van der Waals surface area contributed by atoms with Gasteiger partial charge < -0.3 is 9.47 Å².